The summed E-state index contributed by atoms with van der Waals surface area (Å²) in [4.78, 5) is 14.4. The molecule has 0 aliphatic carbocycles. The van der Waals surface area contributed by atoms with E-state index in [1.54, 1.807) is 0 Å². The lowest BCUT2D eigenvalue weighted by molar-refractivity contribution is 0.000149. The summed E-state index contributed by atoms with van der Waals surface area (Å²) < 4.78 is 5.90. The maximum Gasteiger partial charge on any atom is 0.165 e. The van der Waals surface area contributed by atoms with Crippen molar-refractivity contribution in [3.63, 3.8) is 0 Å². The number of benzene rings is 1. The van der Waals surface area contributed by atoms with Gasteiger partial charge in [0.05, 0.1) is 0 Å². The van der Waals surface area contributed by atoms with E-state index in [1.165, 1.54) is 0 Å². The van der Waals surface area contributed by atoms with Gasteiger partial charge in [0.25, 0.3) is 0 Å². The fourth-order valence-electron chi connectivity index (χ4n) is 2.33. The summed E-state index contributed by atoms with van der Waals surface area (Å²) in [5.74, 6) is 1.17. The van der Waals surface area contributed by atoms with Crippen molar-refractivity contribution in [1.29, 1.82) is 0 Å². The van der Waals surface area contributed by atoms with Crippen LogP contribution in [-0.4, -0.2) is 35.9 Å². The summed E-state index contributed by atoms with van der Waals surface area (Å²) >= 11 is 0. The number of ketones is 1. The number of hydrogen-bond acceptors (Lipinski definition) is 3. The monoisotopic (exact) mass is 275 g/mol. The van der Waals surface area contributed by atoms with Crippen molar-refractivity contribution in [1.82, 2.24) is 4.90 Å². The molecule has 0 N–H and O–H groups in total. The molecule has 110 valence electrons. The van der Waals surface area contributed by atoms with Crippen LogP contribution in [0.5, 0.6) is 5.75 Å². The van der Waals surface area contributed by atoms with E-state index in [1.807, 2.05) is 38.1 Å². The molecular formula is C17H25NO2. The van der Waals surface area contributed by atoms with Crippen molar-refractivity contribution >= 4 is 5.78 Å². The maximum absolute atomic E-state index is 12.0. The number of rotatable bonds is 6. The Balaban J connectivity index is 1.88. The summed E-state index contributed by atoms with van der Waals surface area (Å²) in [7, 11) is 0. The molecule has 20 heavy (non-hydrogen) atoms. The van der Waals surface area contributed by atoms with E-state index < -0.39 is 0 Å². The molecule has 1 atom stereocenters. The van der Waals surface area contributed by atoms with E-state index in [0.717, 1.165) is 30.8 Å². The molecule has 1 aliphatic rings. The number of nitrogens with zero attached hydrogens (tertiary/aromatic N) is 1. The zero-order chi connectivity index (χ0) is 14.7. The smallest absolute Gasteiger partial charge is 0.165 e. The van der Waals surface area contributed by atoms with Crippen LogP contribution in [0.15, 0.2) is 24.3 Å². The van der Waals surface area contributed by atoms with Gasteiger partial charge in [-0.2, -0.15) is 0 Å². The van der Waals surface area contributed by atoms with Crippen molar-refractivity contribution < 1.29 is 9.53 Å². The summed E-state index contributed by atoms with van der Waals surface area (Å²) in [5.41, 5.74) is 0.782. The second-order valence-electron chi connectivity index (χ2n) is 5.99. The fraction of sp³-hybridized carbons (Fsp3) is 0.588. The highest BCUT2D eigenvalue weighted by Crippen LogP contribution is 2.21. The molecule has 1 aromatic rings. The molecule has 2 rings (SSSR count). The zero-order valence-electron chi connectivity index (χ0n) is 12.9. The van der Waals surface area contributed by atoms with Gasteiger partial charge in [-0.15, -0.1) is 0 Å². The second-order valence-corrected chi connectivity index (χ2v) is 5.99. The van der Waals surface area contributed by atoms with Crippen LogP contribution in [0.4, 0.5) is 0 Å². The summed E-state index contributed by atoms with van der Waals surface area (Å²) in [6, 6.07) is 8.16. The SMILES string of the molecule is CCC(C)C(=O)c1ccc(OC2CN(C(C)C)C2)cc1. The molecule has 0 amide bonds. The van der Waals surface area contributed by atoms with E-state index in [9.17, 15) is 4.79 Å². The van der Waals surface area contributed by atoms with Crippen LogP contribution in [0, 0.1) is 5.92 Å². The molecule has 1 aliphatic heterocycles. The Bertz CT molecular complexity index is 447. The highest BCUT2D eigenvalue weighted by molar-refractivity contribution is 5.97. The van der Waals surface area contributed by atoms with Crippen LogP contribution >= 0.6 is 0 Å². The standard InChI is InChI=1S/C17H25NO2/c1-5-13(4)17(19)14-6-8-15(9-7-14)20-16-10-18(11-16)12(2)3/h6-9,12-13,16H,5,10-11H2,1-4H3. The van der Waals surface area contributed by atoms with Crippen LogP contribution in [0.3, 0.4) is 0 Å². The average Bonchev–Trinajstić information content (AvgIpc) is 2.40. The third-order valence-electron chi connectivity index (χ3n) is 4.11. The average molecular weight is 275 g/mol. The highest BCUT2D eigenvalue weighted by atomic mass is 16.5. The van der Waals surface area contributed by atoms with Gasteiger partial charge in [-0.05, 0) is 44.5 Å². The van der Waals surface area contributed by atoms with Gasteiger partial charge in [0.1, 0.15) is 11.9 Å². The first kappa shape index (κ1) is 15.0. The Morgan fingerprint density at radius 3 is 2.35 bits per heavy atom. The number of likely N-dealkylation sites (tertiary alicyclic amines) is 1. The predicted molar refractivity (Wildman–Crippen MR) is 81.4 cm³/mol. The molecular weight excluding hydrogens is 250 g/mol. The molecule has 0 radical (unpaired) electrons. The van der Waals surface area contributed by atoms with Gasteiger partial charge in [-0.3, -0.25) is 9.69 Å². The minimum absolute atomic E-state index is 0.0907. The van der Waals surface area contributed by atoms with E-state index in [0.29, 0.717) is 6.04 Å². The maximum atomic E-state index is 12.0. The lowest BCUT2D eigenvalue weighted by Crippen LogP contribution is -2.56. The quantitative estimate of drug-likeness (QED) is 0.745. The summed E-state index contributed by atoms with van der Waals surface area (Å²) in [5, 5.41) is 0. The molecule has 3 nitrogen and oxygen atoms in total. The Morgan fingerprint density at radius 1 is 1.25 bits per heavy atom. The number of ether oxygens (including phenoxy) is 1. The number of carbonyl (C=O) groups excluding carboxylic acids is 1. The lowest BCUT2D eigenvalue weighted by Gasteiger charge is -2.41. The van der Waals surface area contributed by atoms with Crippen molar-refractivity contribution in [3.8, 4) is 5.75 Å². The van der Waals surface area contributed by atoms with Crippen LogP contribution in [0.25, 0.3) is 0 Å². The van der Waals surface area contributed by atoms with Crippen LogP contribution in [0.2, 0.25) is 0 Å². The minimum Gasteiger partial charge on any atom is -0.488 e. The zero-order valence-corrected chi connectivity index (χ0v) is 12.9. The van der Waals surface area contributed by atoms with Gasteiger partial charge < -0.3 is 4.74 Å². The molecule has 0 bridgehead atoms. The van der Waals surface area contributed by atoms with Crippen molar-refractivity contribution in [2.75, 3.05) is 13.1 Å². The minimum atomic E-state index is 0.0907. The fourth-order valence-corrected chi connectivity index (χ4v) is 2.33. The van der Waals surface area contributed by atoms with Crippen LogP contribution < -0.4 is 4.74 Å². The Labute approximate surface area is 121 Å². The topological polar surface area (TPSA) is 29.5 Å². The number of carbonyl (C=O) groups is 1. The van der Waals surface area contributed by atoms with Crippen molar-refractivity contribution in [2.45, 2.75) is 46.3 Å². The number of Topliss-reactive ketones (excluding diaryl/α,β-unsaturated/α-hetero) is 1. The van der Waals surface area contributed by atoms with E-state index in [-0.39, 0.29) is 17.8 Å². The normalized spacial score (nSPS) is 17.9. The second kappa shape index (κ2) is 6.40. The summed E-state index contributed by atoms with van der Waals surface area (Å²) in [6.07, 6.45) is 1.16. The predicted octanol–water partition coefficient (Wildman–Crippen LogP) is 3.39. The van der Waals surface area contributed by atoms with Gasteiger partial charge in [-0.25, -0.2) is 0 Å². The van der Waals surface area contributed by atoms with E-state index in [2.05, 4.69) is 18.7 Å². The molecule has 0 aromatic heterocycles. The van der Waals surface area contributed by atoms with Gasteiger partial charge in [0.15, 0.2) is 5.78 Å². The van der Waals surface area contributed by atoms with Gasteiger partial charge in [0, 0.05) is 30.6 Å². The Morgan fingerprint density at radius 2 is 1.85 bits per heavy atom. The van der Waals surface area contributed by atoms with Crippen molar-refractivity contribution in [2.24, 2.45) is 5.92 Å². The molecule has 1 saturated heterocycles. The molecule has 0 spiro atoms. The number of hydrogen-bond donors (Lipinski definition) is 0. The third kappa shape index (κ3) is 3.40. The molecule has 1 unspecified atom stereocenters. The first-order chi connectivity index (χ1) is 9.51. The van der Waals surface area contributed by atoms with E-state index in [4.69, 9.17) is 4.74 Å². The third-order valence-corrected chi connectivity index (χ3v) is 4.11. The molecule has 3 heteroatoms. The Kier molecular flexibility index (Phi) is 4.81. The van der Waals surface area contributed by atoms with Crippen LogP contribution in [0.1, 0.15) is 44.5 Å². The lowest BCUT2D eigenvalue weighted by atomic mass is 9.97. The largest absolute Gasteiger partial charge is 0.488 e. The van der Waals surface area contributed by atoms with Gasteiger partial charge in [-0.1, -0.05) is 13.8 Å². The Hall–Kier alpha value is -1.35. The molecule has 1 fully saturated rings. The highest BCUT2D eigenvalue weighted by Gasteiger charge is 2.29. The van der Waals surface area contributed by atoms with Gasteiger partial charge in [0.2, 0.25) is 0 Å². The summed E-state index contributed by atoms with van der Waals surface area (Å²) in [6.45, 7) is 10.4. The van der Waals surface area contributed by atoms with Crippen molar-refractivity contribution in [3.05, 3.63) is 29.8 Å². The molecule has 0 saturated carbocycles. The first-order valence-corrected chi connectivity index (χ1v) is 7.56. The molecule has 1 aromatic carbocycles. The van der Waals surface area contributed by atoms with Crippen LogP contribution in [-0.2, 0) is 0 Å². The first-order valence-electron chi connectivity index (χ1n) is 7.56. The molecule has 1 heterocycles. The van der Waals surface area contributed by atoms with E-state index >= 15 is 0 Å². The van der Waals surface area contributed by atoms with Gasteiger partial charge >= 0.3 is 0 Å².